The third kappa shape index (κ3) is 3.05. The van der Waals surface area contributed by atoms with E-state index in [2.05, 4.69) is 66.0 Å². The van der Waals surface area contributed by atoms with Gasteiger partial charge in [0.2, 0.25) is 0 Å². The maximum absolute atomic E-state index is 3.75. The zero-order valence-electron chi connectivity index (χ0n) is 11.3. The lowest BCUT2D eigenvalue weighted by Gasteiger charge is -2.29. The van der Waals surface area contributed by atoms with E-state index in [1.807, 2.05) is 0 Å². The van der Waals surface area contributed by atoms with E-state index in [9.17, 15) is 0 Å². The Bertz CT molecular complexity index is 448. The van der Waals surface area contributed by atoms with Crippen LogP contribution in [0.1, 0.15) is 36.4 Å². The van der Waals surface area contributed by atoms with E-state index < -0.39 is 0 Å². The number of hydrogen-bond donors (Lipinski definition) is 1. The molecule has 1 heteroatoms. The standard InChI is InChI=1S/C18H21N/c1-3-10-16(11-4-1)18(17-12-5-2-6-13-17)19-14-15-8-7-9-15/h1-6,10-13,15,18-19H,7-9,14H2. The van der Waals surface area contributed by atoms with Crippen molar-refractivity contribution in [2.75, 3.05) is 6.54 Å². The van der Waals surface area contributed by atoms with Crippen LogP contribution in [0, 0.1) is 5.92 Å². The Labute approximate surface area is 115 Å². The average molecular weight is 251 g/mol. The van der Waals surface area contributed by atoms with Gasteiger partial charge < -0.3 is 5.32 Å². The largest absolute Gasteiger partial charge is 0.306 e. The molecule has 0 bridgehead atoms. The molecule has 0 aliphatic heterocycles. The smallest absolute Gasteiger partial charge is 0.0576 e. The fraction of sp³-hybridized carbons (Fsp3) is 0.333. The highest BCUT2D eigenvalue weighted by Gasteiger charge is 2.20. The summed E-state index contributed by atoms with van der Waals surface area (Å²) in [4.78, 5) is 0. The highest BCUT2D eigenvalue weighted by molar-refractivity contribution is 5.31. The van der Waals surface area contributed by atoms with Gasteiger partial charge in [-0.2, -0.15) is 0 Å². The number of rotatable bonds is 5. The van der Waals surface area contributed by atoms with E-state index in [0.717, 1.165) is 12.5 Å². The van der Waals surface area contributed by atoms with E-state index in [0.29, 0.717) is 6.04 Å². The van der Waals surface area contributed by atoms with Crippen LogP contribution < -0.4 is 5.32 Å². The molecule has 0 atom stereocenters. The normalized spacial score (nSPS) is 15.4. The zero-order chi connectivity index (χ0) is 12.9. The molecular weight excluding hydrogens is 230 g/mol. The first-order valence-electron chi connectivity index (χ1n) is 7.27. The van der Waals surface area contributed by atoms with Crippen molar-refractivity contribution in [3.05, 3.63) is 71.8 Å². The fourth-order valence-corrected chi connectivity index (χ4v) is 2.70. The number of nitrogens with one attached hydrogen (secondary N) is 1. The van der Waals surface area contributed by atoms with Gasteiger partial charge in [0.05, 0.1) is 6.04 Å². The van der Waals surface area contributed by atoms with Crippen LogP contribution in [0.15, 0.2) is 60.7 Å². The molecule has 1 saturated carbocycles. The van der Waals surface area contributed by atoms with Crippen LogP contribution in [0.4, 0.5) is 0 Å². The van der Waals surface area contributed by atoms with Crippen molar-refractivity contribution in [2.45, 2.75) is 25.3 Å². The van der Waals surface area contributed by atoms with Gasteiger partial charge in [-0.1, -0.05) is 67.1 Å². The molecule has 3 rings (SSSR count). The molecule has 2 aromatic rings. The molecule has 1 N–H and O–H groups in total. The summed E-state index contributed by atoms with van der Waals surface area (Å²) in [6.45, 7) is 1.13. The van der Waals surface area contributed by atoms with Gasteiger partial charge >= 0.3 is 0 Å². The summed E-state index contributed by atoms with van der Waals surface area (Å²) in [5, 5.41) is 3.75. The molecule has 0 radical (unpaired) electrons. The minimum absolute atomic E-state index is 0.322. The first kappa shape index (κ1) is 12.4. The van der Waals surface area contributed by atoms with Crippen molar-refractivity contribution in [2.24, 2.45) is 5.92 Å². The summed E-state index contributed by atoms with van der Waals surface area (Å²) in [7, 11) is 0. The fourth-order valence-electron chi connectivity index (χ4n) is 2.70. The first-order valence-corrected chi connectivity index (χ1v) is 7.27. The molecule has 19 heavy (non-hydrogen) atoms. The molecule has 1 nitrogen and oxygen atoms in total. The van der Waals surface area contributed by atoms with E-state index in [1.54, 1.807) is 0 Å². The Balaban J connectivity index is 1.78. The maximum atomic E-state index is 3.75. The lowest BCUT2D eigenvalue weighted by molar-refractivity contribution is 0.295. The molecule has 0 amide bonds. The van der Waals surface area contributed by atoms with Crippen molar-refractivity contribution in [3.8, 4) is 0 Å². The van der Waals surface area contributed by atoms with Crippen molar-refractivity contribution in [3.63, 3.8) is 0 Å². The molecule has 0 heterocycles. The maximum Gasteiger partial charge on any atom is 0.0576 e. The van der Waals surface area contributed by atoms with Crippen molar-refractivity contribution in [1.82, 2.24) is 5.32 Å². The van der Waals surface area contributed by atoms with Crippen LogP contribution in [-0.2, 0) is 0 Å². The highest BCUT2D eigenvalue weighted by Crippen LogP contribution is 2.28. The van der Waals surface area contributed by atoms with Gasteiger partial charge in [-0.25, -0.2) is 0 Å². The van der Waals surface area contributed by atoms with E-state index in [4.69, 9.17) is 0 Å². The Morgan fingerprint density at radius 1 is 0.842 bits per heavy atom. The third-order valence-electron chi connectivity index (χ3n) is 4.10. The van der Waals surface area contributed by atoms with Gasteiger partial charge in [-0.3, -0.25) is 0 Å². The molecule has 0 spiro atoms. The third-order valence-corrected chi connectivity index (χ3v) is 4.10. The van der Waals surface area contributed by atoms with E-state index in [1.165, 1.54) is 30.4 Å². The second-order valence-electron chi connectivity index (χ2n) is 5.46. The van der Waals surface area contributed by atoms with Crippen LogP contribution in [0.3, 0.4) is 0 Å². The predicted octanol–water partition coefficient (Wildman–Crippen LogP) is 4.17. The van der Waals surface area contributed by atoms with Gasteiger partial charge in [0, 0.05) is 0 Å². The minimum Gasteiger partial charge on any atom is -0.306 e. The molecule has 1 aliphatic carbocycles. The van der Waals surface area contributed by atoms with Gasteiger partial charge in [0.1, 0.15) is 0 Å². The molecule has 0 saturated heterocycles. The monoisotopic (exact) mass is 251 g/mol. The molecular formula is C18H21N. The van der Waals surface area contributed by atoms with Crippen LogP contribution in [0.5, 0.6) is 0 Å². The second kappa shape index (κ2) is 6.03. The number of hydrogen-bond acceptors (Lipinski definition) is 1. The summed E-state index contributed by atoms with van der Waals surface area (Å²) in [5.41, 5.74) is 2.71. The average Bonchev–Trinajstić information content (AvgIpc) is 2.43. The predicted molar refractivity (Wildman–Crippen MR) is 80.1 cm³/mol. The van der Waals surface area contributed by atoms with Crippen molar-refractivity contribution >= 4 is 0 Å². The van der Waals surface area contributed by atoms with Crippen LogP contribution >= 0.6 is 0 Å². The quantitative estimate of drug-likeness (QED) is 0.841. The van der Waals surface area contributed by atoms with Gasteiger partial charge in [0.15, 0.2) is 0 Å². The molecule has 0 unspecified atom stereocenters. The molecule has 1 aliphatic rings. The van der Waals surface area contributed by atoms with Crippen LogP contribution in [0.2, 0.25) is 0 Å². The van der Waals surface area contributed by atoms with Gasteiger partial charge in [-0.05, 0) is 36.4 Å². The van der Waals surface area contributed by atoms with Crippen molar-refractivity contribution < 1.29 is 0 Å². The minimum atomic E-state index is 0.322. The summed E-state index contributed by atoms with van der Waals surface area (Å²) in [6, 6.07) is 21.8. The van der Waals surface area contributed by atoms with E-state index in [-0.39, 0.29) is 0 Å². The SMILES string of the molecule is c1ccc(C(NCC2CCC2)c2ccccc2)cc1. The topological polar surface area (TPSA) is 12.0 Å². The van der Waals surface area contributed by atoms with Gasteiger partial charge in [0.25, 0.3) is 0 Å². The van der Waals surface area contributed by atoms with Crippen LogP contribution in [-0.4, -0.2) is 6.54 Å². The van der Waals surface area contributed by atoms with Crippen LogP contribution in [0.25, 0.3) is 0 Å². The Hall–Kier alpha value is -1.60. The van der Waals surface area contributed by atoms with E-state index >= 15 is 0 Å². The Morgan fingerprint density at radius 2 is 1.37 bits per heavy atom. The molecule has 1 fully saturated rings. The summed E-state index contributed by atoms with van der Waals surface area (Å²) in [5.74, 6) is 0.884. The Morgan fingerprint density at radius 3 is 1.79 bits per heavy atom. The molecule has 0 aromatic heterocycles. The van der Waals surface area contributed by atoms with Crippen molar-refractivity contribution in [1.29, 1.82) is 0 Å². The lowest BCUT2D eigenvalue weighted by atomic mass is 9.85. The highest BCUT2D eigenvalue weighted by atomic mass is 14.9. The summed E-state index contributed by atoms with van der Waals surface area (Å²) >= 11 is 0. The lowest BCUT2D eigenvalue weighted by Crippen LogP contribution is -2.31. The first-order chi connectivity index (χ1) is 9.43. The summed E-state index contributed by atoms with van der Waals surface area (Å²) in [6.07, 6.45) is 4.19. The summed E-state index contributed by atoms with van der Waals surface area (Å²) < 4.78 is 0. The van der Waals surface area contributed by atoms with Gasteiger partial charge in [-0.15, -0.1) is 0 Å². The molecule has 98 valence electrons. The Kier molecular flexibility index (Phi) is 3.95. The second-order valence-corrected chi connectivity index (χ2v) is 5.46. The molecule has 2 aromatic carbocycles. The zero-order valence-corrected chi connectivity index (χ0v) is 11.3. The number of benzene rings is 2.